The van der Waals surface area contributed by atoms with Crippen LogP contribution in [0.25, 0.3) is 0 Å². The maximum absolute atomic E-state index is 12.7. The predicted molar refractivity (Wildman–Crippen MR) is 138 cm³/mol. The summed E-state index contributed by atoms with van der Waals surface area (Å²) in [6.07, 6.45) is -0.777. The number of Topliss-reactive ketones (excluding diaryl/α,β-unsaturated/α-hetero) is 1. The molecule has 2 fully saturated rings. The molecule has 5 rings (SSSR count). The Balaban J connectivity index is 1.50. The second kappa shape index (κ2) is 10.3. The zero-order valence-electron chi connectivity index (χ0n) is 21.1. The van der Waals surface area contributed by atoms with Crippen molar-refractivity contribution in [2.75, 3.05) is 13.2 Å². The average Bonchev–Trinajstić information content (AvgIpc) is 3.26. The number of rotatable bonds is 7. The molecule has 4 atom stereocenters. The number of fused-ring (bicyclic) bond motifs is 1. The molecule has 0 bridgehead atoms. The van der Waals surface area contributed by atoms with E-state index < -0.39 is 17.5 Å². The zero-order chi connectivity index (χ0) is 25.2. The minimum absolute atomic E-state index is 0.108. The van der Waals surface area contributed by atoms with Crippen LogP contribution < -0.4 is 0 Å². The van der Waals surface area contributed by atoms with Gasteiger partial charge in [-0.2, -0.15) is 0 Å². The lowest BCUT2D eigenvalue weighted by Gasteiger charge is -2.42. The van der Waals surface area contributed by atoms with Gasteiger partial charge >= 0.3 is 0 Å². The molecule has 0 amide bonds. The van der Waals surface area contributed by atoms with E-state index in [2.05, 4.69) is 36.4 Å². The van der Waals surface area contributed by atoms with Crippen LogP contribution in [0.2, 0.25) is 0 Å². The number of benzene rings is 3. The summed E-state index contributed by atoms with van der Waals surface area (Å²) >= 11 is 0. The summed E-state index contributed by atoms with van der Waals surface area (Å²) in [6.45, 7) is 6.34. The van der Waals surface area contributed by atoms with Crippen molar-refractivity contribution in [1.82, 2.24) is 0 Å². The van der Waals surface area contributed by atoms with Crippen LogP contribution in [0, 0.1) is 5.92 Å². The summed E-state index contributed by atoms with van der Waals surface area (Å²) in [5.41, 5.74) is 1.80. The first-order valence-corrected chi connectivity index (χ1v) is 12.6. The fourth-order valence-electron chi connectivity index (χ4n) is 5.26. The third-order valence-electron chi connectivity index (χ3n) is 6.84. The Bertz CT molecular complexity index is 1040. The van der Waals surface area contributed by atoms with E-state index in [1.165, 1.54) is 0 Å². The van der Waals surface area contributed by atoms with Gasteiger partial charge in [0.05, 0.1) is 24.2 Å². The number of hydrogen-bond donors (Lipinski definition) is 0. The maximum Gasteiger partial charge on any atom is 0.185 e. The van der Waals surface area contributed by atoms with Crippen molar-refractivity contribution >= 4 is 5.78 Å². The van der Waals surface area contributed by atoms with Crippen LogP contribution in [0.5, 0.6) is 0 Å². The Morgan fingerprint density at radius 3 is 1.78 bits per heavy atom. The van der Waals surface area contributed by atoms with E-state index in [1.54, 1.807) is 0 Å². The summed E-state index contributed by atoms with van der Waals surface area (Å²) in [4.78, 5) is 12.7. The molecular formula is C31H34O5. The van der Waals surface area contributed by atoms with Crippen LogP contribution in [-0.2, 0) is 29.3 Å². The molecule has 2 saturated heterocycles. The first kappa shape index (κ1) is 24.8. The maximum atomic E-state index is 12.7. The molecule has 36 heavy (non-hydrogen) atoms. The molecule has 3 aromatic rings. The summed E-state index contributed by atoms with van der Waals surface area (Å²) in [5.74, 6) is -0.143. The highest BCUT2D eigenvalue weighted by molar-refractivity contribution is 5.84. The van der Waals surface area contributed by atoms with Crippen molar-refractivity contribution in [1.29, 1.82) is 0 Å². The van der Waals surface area contributed by atoms with Gasteiger partial charge in [-0.3, -0.25) is 4.79 Å². The second-order valence-electron chi connectivity index (χ2n) is 10.5. The number of hydrogen-bond acceptors (Lipinski definition) is 5. The van der Waals surface area contributed by atoms with Crippen molar-refractivity contribution in [3.63, 3.8) is 0 Å². The van der Waals surface area contributed by atoms with Crippen LogP contribution >= 0.6 is 0 Å². The van der Waals surface area contributed by atoms with E-state index in [9.17, 15) is 4.79 Å². The molecular weight excluding hydrogens is 452 g/mol. The lowest BCUT2D eigenvalue weighted by atomic mass is 9.80. The van der Waals surface area contributed by atoms with Crippen molar-refractivity contribution < 1.29 is 23.7 Å². The van der Waals surface area contributed by atoms with E-state index in [1.807, 2.05) is 75.4 Å². The van der Waals surface area contributed by atoms with E-state index in [4.69, 9.17) is 18.9 Å². The van der Waals surface area contributed by atoms with Crippen molar-refractivity contribution in [2.24, 2.45) is 5.92 Å². The Kier molecular flexibility index (Phi) is 7.09. The molecule has 5 heteroatoms. The van der Waals surface area contributed by atoms with Crippen LogP contribution in [0.4, 0.5) is 0 Å². The van der Waals surface area contributed by atoms with Crippen molar-refractivity contribution in [3.8, 4) is 0 Å². The first-order chi connectivity index (χ1) is 17.4. The Hall–Kier alpha value is -2.83. The highest BCUT2D eigenvalue weighted by Gasteiger charge is 2.49. The molecule has 3 aromatic carbocycles. The molecule has 0 saturated carbocycles. The smallest absolute Gasteiger partial charge is 0.185 e. The standard InChI is InChI=1S/C31H34O5/c1-30(2,3)36-29-28-26(27(32)21-33-28)19-25(35-29)20-34-31(22-13-7-4-8-14-22,23-15-9-5-10-16-23)24-17-11-6-12-18-24/h4-18,25-26,28-29H,19-21H2,1-3H3/t25-,26-,28+,29+/m0/s1. The van der Waals surface area contributed by atoms with Gasteiger partial charge in [0.25, 0.3) is 0 Å². The quantitative estimate of drug-likeness (QED) is 0.412. The van der Waals surface area contributed by atoms with Crippen molar-refractivity contribution in [2.45, 2.75) is 56.9 Å². The molecule has 0 spiro atoms. The molecule has 2 aliphatic heterocycles. The second-order valence-corrected chi connectivity index (χ2v) is 10.5. The van der Waals surface area contributed by atoms with Gasteiger partial charge in [0.2, 0.25) is 0 Å². The number of carbonyl (C=O) groups is 1. The molecule has 0 aliphatic carbocycles. The molecule has 2 heterocycles. The predicted octanol–water partition coefficient (Wildman–Crippen LogP) is 5.51. The number of ketones is 1. The van der Waals surface area contributed by atoms with Crippen LogP contribution in [0.1, 0.15) is 43.9 Å². The number of ether oxygens (including phenoxy) is 4. The molecule has 0 unspecified atom stereocenters. The number of carbonyl (C=O) groups excluding carboxylic acids is 1. The molecule has 0 aromatic heterocycles. The van der Waals surface area contributed by atoms with E-state index in [0.717, 1.165) is 16.7 Å². The van der Waals surface area contributed by atoms with Gasteiger partial charge in [-0.15, -0.1) is 0 Å². The molecule has 0 N–H and O–H groups in total. The lowest BCUT2D eigenvalue weighted by molar-refractivity contribution is -0.287. The van der Waals surface area contributed by atoms with Gasteiger partial charge in [0, 0.05) is 0 Å². The van der Waals surface area contributed by atoms with E-state index in [0.29, 0.717) is 13.0 Å². The lowest BCUT2D eigenvalue weighted by Crippen LogP contribution is -2.50. The molecule has 188 valence electrons. The van der Waals surface area contributed by atoms with Gasteiger partial charge in [-0.25, -0.2) is 0 Å². The topological polar surface area (TPSA) is 54.0 Å². The third-order valence-corrected chi connectivity index (χ3v) is 6.84. The van der Waals surface area contributed by atoms with Crippen LogP contribution in [0.15, 0.2) is 91.0 Å². The van der Waals surface area contributed by atoms with Gasteiger partial charge in [0.15, 0.2) is 12.1 Å². The molecule has 5 nitrogen and oxygen atoms in total. The SMILES string of the molecule is CC(C)(C)O[C@H]1O[C@H](COC(c2ccccc2)(c2ccccc2)c2ccccc2)C[C@H]2C(=O)CO[C@@H]12. The normalized spacial score (nSPS) is 24.5. The average molecular weight is 487 g/mol. The zero-order valence-corrected chi connectivity index (χ0v) is 21.1. The first-order valence-electron chi connectivity index (χ1n) is 12.6. The largest absolute Gasteiger partial charge is 0.364 e. The Labute approximate surface area is 213 Å². The van der Waals surface area contributed by atoms with E-state index >= 15 is 0 Å². The van der Waals surface area contributed by atoms with Gasteiger partial charge in [-0.05, 0) is 43.9 Å². The minimum atomic E-state index is -0.847. The Morgan fingerprint density at radius 2 is 1.31 bits per heavy atom. The Morgan fingerprint density at radius 1 is 0.806 bits per heavy atom. The van der Waals surface area contributed by atoms with Crippen molar-refractivity contribution in [3.05, 3.63) is 108 Å². The highest BCUT2D eigenvalue weighted by Crippen LogP contribution is 2.42. The van der Waals surface area contributed by atoms with Crippen LogP contribution in [-0.4, -0.2) is 43.1 Å². The minimum Gasteiger partial charge on any atom is -0.364 e. The fraction of sp³-hybridized carbons (Fsp3) is 0.387. The monoisotopic (exact) mass is 486 g/mol. The summed E-state index contributed by atoms with van der Waals surface area (Å²) < 4.78 is 25.4. The third kappa shape index (κ3) is 5.02. The highest BCUT2D eigenvalue weighted by atomic mass is 16.7. The molecule has 0 radical (unpaired) electrons. The van der Waals surface area contributed by atoms with Gasteiger partial charge in [-0.1, -0.05) is 91.0 Å². The fourth-order valence-corrected chi connectivity index (χ4v) is 5.26. The summed E-state index contributed by atoms with van der Waals surface area (Å²) in [6, 6.07) is 30.8. The van der Waals surface area contributed by atoms with E-state index in [-0.39, 0.29) is 30.5 Å². The molecule has 2 aliphatic rings. The summed E-state index contributed by atoms with van der Waals surface area (Å²) in [5, 5.41) is 0. The van der Waals surface area contributed by atoms with Gasteiger partial charge < -0.3 is 18.9 Å². The van der Waals surface area contributed by atoms with Crippen LogP contribution in [0.3, 0.4) is 0 Å². The van der Waals surface area contributed by atoms with Gasteiger partial charge in [0.1, 0.15) is 18.3 Å². The summed E-state index contributed by atoms with van der Waals surface area (Å²) in [7, 11) is 0.